The Morgan fingerprint density at radius 2 is 1.71 bits per heavy atom. The van der Waals surface area contributed by atoms with E-state index in [1.165, 1.54) is 35.1 Å². The summed E-state index contributed by atoms with van der Waals surface area (Å²) in [6.45, 7) is 5.41. The SMILES string of the molecule is CCN(Sc1ccc(Oc2ccc(F)c(Cl)c2)cc1)S(=O)(=O)c1cc(C)c(C)c(C(=O)OC)c1. The second-order valence-electron chi connectivity index (χ2n) is 7.27. The van der Waals surface area contributed by atoms with E-state index < -0.39 is 21.8 Å². The summed E-state index contributed by atoms with van der Waals surface area (Å²) in [6, 6.07) is 13.7. The molecule has 0 radical (unpaired) electrons. The highest BCUT2D eigenvalue weighted by atomic mass is 35.5. The Balaban J connectivity index is 1.82. The molecule has 10 heteroatoms. The van der Waals surface area contributed by atoms with Crippen molar-refractivity contribution < 1.29 is 27.1 Å². The smallest absolute Gasteiger partial charge is 0.338 e. The van der Waals surface area contributed by atoms with Gasteiger partial charge in [0.2, 0.25) is 0 Å². The van der Waals surface area contributed by atoms with E-state index >= 15 is 0 Å². The number of carbonyl (C=O) groups is 1. The predicted octanol–water partition coefficient (Wildman–Crippen LogP) is 6.39. The van der Waals surface area contributed by atoms with Crippen LogP contribution in [0.25, 0.3) is 0 Å². The van der Waals surface area contributed by atoms with E-state index in [0.717, 1.165) is 11.9 Å². The number of sulfonamides is 1. The van der Waals surface area contributed by atoms with Crippen LogP contribution in [0, 0.1) is 19.7 Å². The Bertz CT molecular complexity index is 1310. The maximum absolute atomic E-state index is 13.3. The normalized spacial score (nSPS) is 11.5. The monoisotopic (exact) mass is 523 g/mol. The third kappa shape index (κ3) is 5.72. The van der Waals surface area contributed by atoms with Crippen molar-refractivity contribution in [3.63, 3.8) is 0 Å². The van der Waals surface area contributed by atoms with Crippen LogP contribution in [0.4, 0.5) is 4.39 Å². The van der Waals surface area contributed by atoms with Crippen LogP contribution in [0.5, 0.6) is 11.5 Å². The average Bonchev–Trinajstić information content (AvgIpc) is 2.81. The molecule has 0 bridgehead atoms. The van der Waals surface area contributed by atoms with Gasteiger partial charge in [-0.2, -0.15) is 0 Å². The molecule has 0 aliphatic heterocycles. The number of hydrogen-bond acceptors (Lipinski definition) is 6. The van der Waals surface area contributed by atoms with Gasteiger partial charge < -0.3 is 9.47 Å². The Labute approximate surface area is 207 Å². The molecule has 34 heavy (non-hydrogen) atoms. The van der Waals surface area contributed by atoms with Crippen LogP contribution >= 0.6 is 23.5 Å². The van der Waals surface area contributed by atoms with Crippen molar-refractivity contribution in [2.45, 2.75) is 30.6 Å². The van der Waals surface area contributed by atoms with Crippen molar-refractivity contribution in [3.05, 3.63) is 82.1 Å². The summed E-state index contributed by atoms with van der Waals surface area (Å²) in [4.78, 5) is 12.8. The summed E-state index contributed by atoms with van der Waals surface area (Å²) in [7, 11) is -2.66. The number of ether oxygens (including phenoxy) is 2. The maximum Gasteiger partial charge on any atom is 0.338 e. The Kier molecular flexibility index (Phi) is 8.25. The number of aryl methyl sites for hydroxylation is 1. The molecule has 6 nitrogen and oxygen atoms in total. The van der Waals surface area contributed by atoms with Gasteiger partial charge in [-0.05, 0) is 85.5 Å². The Morgan fingerprint density at radius 3 is 2.29 bits per heavy atom. The zero-order valence-electron chi connectivity index (χ0n) is 19.0. The second-order valence-corrected chi connectivity index (χ2v) is 10.9. The fourth-order valence-electron chi connectivity index (χ4n) is 3.06. The van der Waals surface area contributed by atoms with Crippen molar-refractivity contribution in [2.75, 3.05) is 13.7 Å². The molecule has 0 aliphatic carbocycles. The minimum Gasteiger partial charge on any atom is -0.465 e. The van der Waals surface area contributed by atoms with Gasteiger partial charge in [0.1, 0.15) is 17.3 Å². The molecule has 0 fully saturated rings. The highest BCUT2D eigenvalue weighted by Crippen LogP contribution is 2.33. The number of benzene rings is 3. The first-order valence-electron chi connectivity index (χ1n) is 10.2. The largest absolute Gasteiger partial charge is 0.465 e. The number of esters is 1. The summed E-state index contributed by atoms with van der Waals surface area (Å²) in [5.74, 6) is -0.272. The highest BCUT2D eigenvalue weighted by Gasteiger charge is 2.27. The lowest BCUT2D eigenvalue weighted by Crippen LogP contribution is -2.25. The zero-order chi connectivity index (χ0) is 25.0. The van der Waals surface area contributed by atoms with Crippen LogP contribution in [0.15, 0.2) is 64.4 Å². The van der Waals surface area contributed by atoms with Gasteiger partial charge in [0.05, 0.1) is 22.6 Å². The van der Waals surface area contributed by atoms with Crippen molar-refractivity contribution in [1.29, 1.82) is 0 Å². The molecule has 0 atom stereocenters. The number of rotatable bonds is 8. The number of methoxy groups -OCH3 is 1. The van der Waals surface area contributed by atoms with Gasteiger partial charge in [-0.15, -0.1) is 3.71 Å². The minimum absolute atomic E-state index is 0.0125. The number of halogens is 2. The molecule has 0 unspecified atom stereocenters. The van der Waals surface area contributed by atoms with Gasteiger partial charge in [0, 0.05) is 17.5 Å². The van der Waals surface area contributed by atoms with Gasteiger partial charge in [0.25, 0.3) is 10.0 Å². The quantitative estimate of drug-likeness (QED) is 0.251. The summed E-state index contributed by atoms with van der Waals surface area (Å²) in [5, 5.41) is -0.0461. The van der Waals surface area contributed by atoms with E-state index in [-0.39, 0.29) is 22.0 Å². The van der Waals surface area contributed by atoms with Crippen molar-refractivity contribution in [1.82, 2.24) is 3.71 Å². The molecular formula is C24H23ClFNO5S2. The summed E-state index contributed by atoms with van der Waals surface area (Å²) < 4.78 is 51.7. The Hall–Kier alpha value is -2.59. The van der Waals surface area contributed by atoms with Gasteiger partial charge in [-0.3, -0.25) is 0 Å². The minimum atomic E-state index is -3.91. The number of hydrogen-bond donors (Lipinski definition) is 0. The van der Waals surface area contributed by atoms with Crippen molar-refractivity contribution in [3.8, 4) is 11.5 Å². The molecule has 0 aliphatic rings. The van der Waals surface area contributed by atoms with Crippen LogP contribution < -0.4 is 4.74 Å². The first-order chi connectivity index (χ1) is 16.1. The molecule has 0 heterocycles. The van der Waals surface area contributed by atoms with E-state index in [1.807, 2.05) is 0 Å². The van der Waals surface area contributed by atoms with Gasteiger partial charge in [-0.25, -0.2) is 17.6 Å². The maximum atomic E-state index is 13.3. The lowest BCUT2D eigenvalue weighted by Gasteiger charge is -2.20. The first kappa shape index (κ1) is 26.0. The van der Waals surface area contributed by atoms with E-state index in [9.17, 15) is 17.6 Å². The van der Waals surface area contributed by atoms with Crippen molar-refractivity contribution >= 4 is 39.5 Å². The molecule has 0 N–H and O–H groups in total. The topological polar surface area (TPSA) is 72.9 Å². The van der Waals surface area contributed by atoms with Gasteiger partial charge in [0.15, 0.2) is 0 Å². The molecular weight excluding hydrogens is 501 g/mol. The molecule has 180 valence electrons. The molecule has 0 spiro atoms. The van der Waals surface area contributed by atoms with Crippen LogP contribution in [0.3, 0.4) is 0 Å². The van der Waals surface area contributed by atoms with Crippen LogP contribution in [0.1, 0.15) is 28.4 Å². The van der Waals surface area contributed by atoms with E-state index in [1.54, 1.807) is 51.1 Å². The number of nitrogens with zero attached hydrogens (tertiary/aromatic N) is 1. The van der Waals surface area contributed by atoms with E-state index in [2.05, 4.69) is 0 Å². The number of carbonyl (C=O) groups excluding carboxylic acids is 1. The molecule has 0 amide bonds. The van der Waals surface area contributed by atoms with Gasteiger partial charge in [-0.1, -0.05) is 18.5 Å². The average molecular weight is 524 g/mol. The highest BCUT2D eigenvalue weighted by molar-refractivity contribution is 8.08. The lowest BCUT2D eigenvalue weighted by atomic mass is 10.0. The van der Waals surface area contributed by atoms with E-state index in [0.29, 0.717) is 27.5 Å². The third-order valence-corrected chi connectivity index (χ3v) is 8.70. The Morgan fingerprint density at radius 1 is 1.06 bits per heavy atom. The standard InChI is InChI=1S/C24H23ClFNO5S2/c1-5-27(34(29,30)20-12-15(2)16(3)21(14-20)24(28)31-4)33-19-9-6-17(7-10-19)32-18-8-11-23(26)22(25)13-18/h6-14H,5H2,1-4H3. The second kappa shape index (κ2) is 10.8. The van der Waals surface area contributed by atoms with Crippen LogP contribution in [-0.2, 0) is 14.8 Å². The molecule has 0 saturated heterocycles. The fourth-order valence-corrected chi connectivity index (χ4v) is 5.93. The fraction of sp³-hybridized carbons (Fsp3) is 0.208. The lowest BCUT2D eigenvalue weighted by molar-refractivity contribution is 0.0599. The van der Waals surface area contributed by atoms with Gasteiger partial charge >= 0.3 is 5.97 Å². The summed E-state index contributed by atoms with van der Waals surface area (Å²) in [6.07, 6.45) is 0. The molecule has 0 aromatic heterocycles. The molecule has 0 saturated carbocycles. The first-order valence-corrected chi connectivity index (χ1v) is 12.8. The van der Waals surface area contributed by atoms with Crippen LogP contribution in [-0.4, -0.2) is 31.8 Å². The molecule has 3 aromatic carbocycles. The third-order valence-electron chi connectivity index (χ3n) is 5.03. The molecule has 3 rings (SSSR count). The van der Waals surface area contributed by atoms with Crippen LogP contribution in [0.2, 0.25) is 5.02 Å². The van der Waals surface area contributed by atoms with E-state index in [4.69, 9.17) is 21.1 Å². The summed E-state index contributed by atoms with van der Waals surface area (Å²) >= 11 is 6.82. The predicted molar refractivity (Wildman–Crippen MR) is 131 cm³/mol. The van der Waals surface area contributed by atoms with Crippen molar-refractivity contribution in [2.24, 2.45) is 0 Å². The summed E-state index contributed by atoms with van der Waals surface area (Å²) in [5.41, 5.74) is 1.55. The molecule has 3 aromatic rings. The zero-order valence-corrected chi connectivity index (χ0v) is 21.4.